The third-order valence-electron chi connectivity index (χ3n) is 4.76. The first-order valence-corrected chi connectivity index (χ1v) is 8.09. The van der Waals surface area contributed by atoms with Crippen LogP contribution in [0, 0.1) is 17.0 Å². The lowest BCUT2D eigenvalue weighted by molar-refractivity contribution is -0.135. The molecule has 0 bridgehead atoms. The lowest BCUT2D eigenvalue weighted by Crippen LogP contribution is -2.45. The van der Waals surface area contributed by atoms with Gasteiger partial charge in [0.15, 0.2) is 0 Å². The molecule has 2 amide bonds. The van der Waals surface area contributed by atoms with Gasteiger partial charge < -0.3 is 10.6 Å². The van der Waals surface area contributed by atoms with Crippen LogP contribution in [0.4, 0.5) is 14.5 Å². The van der Waals surface area contributed by atoms with E-state index in [0.29, 0.717) is 12.8 Å². The molecule has 1 aromatic carbocycles. The van der Waals surface area contributed by atoms with Gasteiger partial charge in [-0.15, -0.1) is 0 Å². The number of benzene rings is 1. The van der Waals surface area contributed by atoms with Crippen LogP contribution in [0.2, 0.25) is 0 Å². The largest absolute Gasteiger partial charge is 0.352 e. The number of carbonyl (C=O) groups excluding carboxylic acids is 2. The minimum atomic E-state index is -1.17. The summed E-state index contributed by atoms with van der Waals surface area (Å²) in [6, 6.07) is 3.47. The van der Waals surface area contributed by atoms with Gasteiger partial charge in [-0.05, 0) is 37.8 Å². The first kappa shape index (κ1) is 15.9. The van der Waals surface area contributed by atoms with E-state index in [4.69, 9.17) is 0 Å². The number of carbonyl (C=O) groups is 2. The molecule has 4 nitrogen and oxygen atoms in total. The van der Waals surface area contributed by atoms with Crippen LogP contribution in [0.25, 0.3) is 0 Å². The molecule has 0 aliphatic heterocycles. The number of para-hydroxylation sites is 1. The molecular weight excluding hydrogens is 302 g/mol. The molecule has 23 heavy (non-hydrogen) atoms. The molecule has 0 spiro atoms. The van der Waals surface area contributed by atoms with Crippen LogP contribution in [-0.2, 0) is 9.59 Å². The molecule has 2 saturated carbocycles. The quantitative estimate of drug-likeness (QED) is 0.837. The van der Waals surface area contributed by atoms with Crippen LogP contribution in [0.15, 0.2) is 18.2 Å². The van der Waals surface area contributed by atoms with E-state index in [1.54, 1.807) is 0 Å². The molecule has 3 rings (SSSR count). The minimum Gasteiger partial charge on any atom is -0.352 e. The van der Waals surface area contributed by atoms with Gasteiger partial charge in [-0.3, -0.25) is 9.59 Å². The van der Waals surface area contributed by atoms with Crippen molar-refractivity contribution in [2.45, 2.75) is 51.0 Å². The van der Waals surface area contributed by atoms with Crippen LogP contribution in [0.1, 0.15) is 44.9 Å². The Bertz CT molecular complexity index is 603. The average molecular weight is 322 g/mol. The second kappa shape index (κ2) is 6.26. The molecule has 0 heterocycles. The van der Waals surface area contributed by atoms with Crippen LogP contribution in [0.3, 0.4) is 0 Å². The molecule has 0 aromatic heterocycles. The third kappa shape index (κ3) is 3.21. The second-order valence-corrected chi connectivity index (χ2v) is 6.44. The van der Waals surface area contributed by atoms with Gasteiger partial charge in [-0.2, -0.15) is 0 Å². The van der Waals surface area contributed by atoms with E-state index in [1.807, 2.05) is 0 Å². The lowest BCUT2D eigenvalue weighted by atomic mass is 9.94. The molecule has 0 atom stereocenters. The van der Waals surface area contributed by atoms with Crippen LogP contribution >= 0.6 is 0 Å². The number of hydrogen-bond acceptors (Lipinski definition) is 2. The summed E-state index contributed by atoms with van der Waals surface area (Å²) in [6.45, 7) is 0. The Kier molecular flexibility index (Phi) is 4.33. The van der Waals surface area contributed by atoms with E-state index in [2.05, 4.69) is 10.6 Å². The molecule has 124 valence electrons. The summed E-state index contributed by atoms with van der Waals surface area (Å²) in [4.78, 5) is 24.8. The molecule has 2 aliphatic rings. The highest BCUT2D eigenvalue weighted by Crippen LogP contribution is 2.47. The van der Waals surface area contributed by atoms with Crippen molar-refractivity contribution in [2.24, 2.45) is 5.41 Å². The zero-order valence-corrected chi connectivity index (χ0v) is 12.8. The van der Waals surface area contributed by atoms with Crippen molar-refractivity contribution in [2.75, 3.05) is 5.32 Å². The molecule has 0 unspecified atom stereocenters. The highest BCUT2D eigenvalue weighted by atomic mass is 19.1. The fraction of sp³-hybridized carbons (Fsp3) is 0.529. The van der Waals surface area contributed by atoms with Gasteiger partial charge in [0.05, 0.1) is 0 Å². The van der Waals surface area contributed by atoms with Crippen LogP contribution in [0.5, 0.6) is 0 Å². The molecule has 0 radical (unpaired) electrons. The second-order valence-electron chi connectivity index (χ2n) is 6.44. The summed E-state index contributed by atoms with van der Waals surface area (Å²) < 4.78 is 27.3. The third-order valence-corrected chi connectivity index (χ3v) is 4.76. The monoisotopic (exact) mass is 322 g/mol. The van der Waals surface area contributed by atoms with E-state index in [-0.39, 0.29) is 11.9 Å². The van der Waals surface area contributed by atoms with Crippen LogP contribution < -0.4 is 10.6 Å². The standard InChI is InChI=1S/C17H20F2N2O2/c18-12-7-4-8-13(19)14(12)21-16(23)17(9-10-17)15(22)20-11-5-2-1-3-6-11/h4,7-8,11H,1-3,5-6,9-10H2,(H,20,22)(H,21,23). The summed E-state index contributed by atoms with van der Waals surface area (Å²) >= 11 is 0. The Hall–Kier alpha value is -1.98. The van der Waals surface area contributed by atoms with Crippen molar-refractivity contribution in [1.29, 1.82) is 0 Å². The summed E-state index contributed by atoms with van der Waals surface area (Å²) in [6.07, 6.45) is 5.98. The van der Waals surface area contributed by atoms with Gasteiger partial charge in [0.25, 0.3) is 0 Å². The number of halogens is 2. The zero-order valence-electron chi connectivity index (χ0n) is 12.8. The lowest BCUT2D eigenvalue weighted by Gasteiger charge is -2.25. The highest BCUT2D eigenvalue weighted by molar-refractivity contribution is 6.13. The fourth-order valence-electron chi connectivity index (χ4n) is 3.10. The maximum Gasteiger partial charge on any atom is 0.240 e. The summed E-state index contributed by atoms with van der Waals surface area (Å²) in [5.74, 6) is -2.64. The van der Waals surface area contributed by atoms with Crippen molar-refractivity contribution in [1.82, 2.24) is 5.32 Å². The smallest absolute Gasteiger partial charge is 0.240 e. The van der Waals surface area contributed by atoms with Gasteiger partial charge in [0.2, 0.25) is 11.8 Å². The first-order valence-electron chi connectivity index (χ1n) is 8.09. The van der Waals surface area contributed by atoms with Gasteiger partial charge in [0, 0.05) is 6.04 Å². The maximum absolute atomic E-state index is 13.6. The number of hydrogen-bond donors (Lipinski definition) is 2. The predicted octanol–water partition coefficient (Wildman–Crippen LogP) is 3.13. The summed E-state index contributed by atoms with van der Waals surface area (Å²) in [5, 5.41) is 5.18. The SMILES string of the molecule is O=C(Nc1c(F)cccc1F)C1(C(=O)NC2CCCCC2)CC1. The summed E-state index contributed by atoms with van der Waals surface area (Å²) in [7, 11) is 0. The van der Waals surface area contributed by atoms with Crippen molar-refractivity contribution in [3.63, 3.8) is 0 Å². The van der Waals surface area contributed by atoms with Gasteiger partial charge >= 0.3 is 0 Å². The van der Waals surface area contributed by atoms with E-state index in [1.165, 1.54) is 12.5 Å². The summed E-state index contributed by atoms with van der Waals surface area (Å²) in [5.41, 5.74) is -1.67. The van der Waals surface area contributed by atoms with Gasteiger partial charge in [0.1, 0.15) is 22.7 Å². The van der Waals surface area contributed by atoms with Crippen molar-refractivity contribution < 1.29 is 18.4 Å². The Morgan fingerprint density at radius 3 is 2.17 bits per heavy atom. The average Bonchev–Trinajstić information content (AvgIpc) is 3.34. The van der Waals surface area contributed by atoms with Crippen molar-refractivity contribution >= 4 is 17.5 Å². The zero-order chi connectivity index (χ0) is 16.4. The Balaban J connectivity index is 1.67. The van der Waals surface area contributed by atoms with E-state index in [0.717, 1.165) is 37.8 Å². The molecule has 1 aromatic rings. The number of nitrogens with one attached hydrogen (secondary N) is 2. The first-order chi connectivity index (χ1) is 11.0. The Labute approximate surface area is 133 Å². The maximum atomic E-state index is 13.6. The number of rotatable bonds is 4. The topological polar surface area (TPSA) is 58.2 Å². The van der Waals surface area contributed by atoms with E-state index in [9.17, 15) is 18.4 Å². The van der Waals surface area contributed by atoms with Crippen LogP contribution in [-0.4, -0.2) is 17.9 Å². The molecular formula is C17H20F2N2O2. The molecule has 0 saturated heterocycles. The fourth-order valence-corrected chi connectivity index (χ4v) is 3.10. The van der Waals surface area contributed by atoms with E-state index >= 15 is 0 Å². The van der Waals surface area contributed by atoms with Gasteiger partial charge in [-0.25, -0.2) is 8.78 Å². The van der Waals surface area contributed by atoms with E-state index < -0.39 is 28.6 Å². The molecule has 2 fully saturated rings. The molecule has 6 heteroatoms. The Morgan fingerprint density at radius 2 is 1.61 bits per heavy atom. The number of amides is 2. The van der Waals surface area contributed by atoms with Crippen molar-refractivity contribution in [3.05, 3.63) is 29.8 Å². The molecule has 2 aliphatic carbocycles. The van der Waals surface area contributed by atoms with Gasteiger partial charge in [-0.1, -0.05) is 25.3 Å². The minimum absolute atomic E-state index is 0.103. The highest BCUT2D eigenvalue weighted by Gasteiger charge is 2.57. The molecule has 2 N–H and O–H groups in total. The normalized spacial score (nSPS) is 19.9. The van der Waals surface area contributed by atoms with Crippen molar-refractivity contribution in [3.8, 4) is 0 Å². The number of anilines is 1. The predicted molar refractivity (Wildman–Crippen MR) is 81.7 cm³/mol. The Morgan fingerprint density at radius 1 is 1.00 bits per heavy atom.